The molecule has 6 unspecified atom stereocenters. The van der Waals surface area contributed by atoms with Crippen LogP contribution in [0.5, 0.6) is 11.8 Å². The zero-order valence-corrected chi connectivity index (χ0v) is 26.2. The first-order valence-electron chi connectivity index (χ1n) is 17.0. The predicted octanol–water partition coefficient (Wildman–Crippen LogP) is 6.10. The number of anilines is 1. The van der Waals surface area contributed by atoms with Crippen molar-refractivity contribution >= 4 is 27.5 Å². The van der Waals surface area contributed by atoms with Gasteiger partial charge in [-0.2, -0.15) is 9.97 Å². The summed E-state index contributed by atoms with van der Waals surface area (Å²) in [5, 5.41) is 16.7. The van der Waals surface area contributed by atoms with Crippen molar-refractivity contribution in [3.05, 3.63) is 47.9 Å². The number of hydrogen-bond acceptors (Lipinski definition) is 8. The third-order valence-electron chi connectivity index (χ3n) is 11.5. The Kier molecular flexibility index (Phi) is 6.65. The number of alkyl halides is 1. The van der Waals surface area contributed by atoms with Crippen molar-refractivity contribution in [3.8, 4) is 23.0 Å². The van der Waals surface area contributed by atoms with Gasteiger partial charge in [0, 0.05) is 54.9 Å². The Hall–Kier alpha value is -3.63. The summed E-state index contributed by atoms with van der Waals surface area (Å²) in [4.78, 5) is 18.8. The van der Waals surface area contributed by atoms with Crippen LogP contribution in [0.15, 0.2) is 36.5 Å². The lowest BCUT2D eigenvalue weighted by atomic mass is 9.68. The van der Waals surface area contributed by atoms with Crippen LogP contribution in [-0.4, -0.2) is 82.0 Å². The van der Waals surface area contributed by atoms with Crippen LogP contribution >= 0.6 is 0 Å². The number of rotatable bonds is 6. The minimum Gasteiger partial charge on any atom is -0.508 e. The normalized spacial score (nSPS) is 30.7. The third-order valence-corrected chi connectivity index (χ3v) is 11.5. The topological polar surface area (TPSA) is 86.6 Å². The number of piperidine rings is 2. The van der Waals surface area contributed by atoms with Crippen molar-refractivity contribution in [2.45, 2.75) is 82.1 Å². The van der Waals surface area contributed by atoms with E-state index in [0.29, 0.717) is 47.7 Å². The van der Waals surface area contributed by atoms with E-state index in [0.717, 1.165) is 74.5 Å². The SMILES string of the molecule is CC1N2CCCC1(COc1nc(N3CC4CCC(C3)N4)c3cnc(-c4cc(O)cc5cccc(C6CC6)c45)c(F)c3n1)CC(F)C2. The molecule has 6 heterocycles. The minimum atomic E-state index is -0.895. The number of halogens is 2. The molecule has 4 saturated heterocycles. The van der Waals surface area contributed by atoms with Gasteiger partial charge in [-0.1, -0.05) is 18.2 Å². The van der Waals surface area contributed by atoms with Crippen molar-refractivity contribution in [2.24, 2.45) is 5.41 Å². The number of ether oxygens (including phenoxy) is 1. The fraction of sp³-hybridized carbons (Fsp3) is 0.528. The molecule has 0 spiro atoms. The standard InChI is InChI=1S/C36H40F2N6O2/c1-20-36(10-3-11-43(20)16-23(37)14-36)19-46-35-41-33-29(34(42-35)44-17-24-8-9-25(18-44)40-24)15-39-32(31(33)38)28-13-26(45)12-22-4-2-5-27(30(22)28)21-6-7-21/h2,4-5,12-13,15,20-21,23-25,40,45H,3,6-11,14,16-19H2,1H3. The molecule has 6 atom stereocenters. The number of nitrogens with zero attached hydrogens (tertiary/aromatic N) is 5. The Labute approximate surface area is 267 Å². The first-order valence-corrected chi connectivity index (χ1v) is 17.0. The molecule has 9 rings (SSSR count). The molecule has 10 heteroatoms. The number of hydrogen-bond donors (Lipinski definition) is 2. The second-order valence-electron chi connectivity index (χ2n) is 14.5. The van der Waals surface area contributed by atoms with Crippen LogP contribution in [0.4, 0.5) is 14.6 Å². The first-order chi connectivity index (χ1) is 22.3. The van der Waals surface area contributed by atoms with E-state index >= 15 is 4.39 Å². The molecule has 2 aromatic carbocycles. The second kappa shape index (κ2) is 10.7. The van der Waals surface area contributed by atoms with Crippen LogP contribution in [-0.2, 0) is 0 Å². The molecule has 4 bridgehead atoms. The molecular formula is C36H40F2N6O2. The largest absolute Gasteiger partial charge is 0.508 e. The molecule has 5 aliphatic rings. The highest BCUT2D eigenvalue weighted by Gasteiger charge is 2.49. The zero-order chi connectivity index (χ0) is 31.2. The first kappa shape index (κ1) is 28.6. The van der Waals surface area contributed by atoms with E-state index < -0.39 is 12.0 Å². The molecule has 2 N–H and O–H groups in total. The fourth-order valence-corrected chi connectivity index (χ4v) is 9.01. The van der Waals surface area contributed by atoms with Gasteiger partial charge in [-0.15, -0.1) is 0 Å². The Morgan fingerprint density at radius 3 is 2.72 bits per heavy atom. The maximum absolute atomic E-state index is 17.0. The maximum atomic E-state index is 17.0. The van der Waals surface area contributed by atoms with Crippen LogP contribution in [0.1, 0.15) is 63.4 Å². The highest BCUT2D eigenvalue weighted by Crippen LogP contribution is 2.48. The van der Waals surface area contributed by atoms with Crippen molar-refractivity contribution in [3.63, 3.8) is 0 Å². The van der Waals surface area contributed by atoms with E-state index in [1.165, 1.54) is 0 Å². The quantitative estimate of drug-likeness (QED) is 0.266. The van der Waals surface area contributed by atoms with E-state index in [9.17, 15) is 9.50 Å². The van der Waals surface area contributed by atoms with E-state index in [1.807, 2.05) is 12.1 Å². The second-order valence-corrected chi connectivity index (χ2v) is 14.5. The molecule has 8 nitrogen and oxygen atoms in total. The molecule has 4 aromatic rings. The van der Waals surface area contributed by atoms with Crippen LogP contribution < -0.4 is 15.0 Å². The Morgan fingerprint density at radius 2 is 1.91 bits per heavy atom. The van der Waals surface area contributed by atoms with Gasteiger partial charge in [0.15, 0.2) is 5.82 Å². The number of pyridine rings is 1. The Morgan fingerprint density at radius 1 is 1.09 bits per heavy atom. The van der Waals surface area contributed by atoms with Gasteiger partial charge in [-0.3, -0.25) is 9.88 Å². The predicted molar refractivity (Wildman–Crippen MR) is 174 cm³/mol. The Bertz CT molecular complexity index is 1840. The van der Waals surface area contributed by atoms with Crippen LogP contribution in [0, 0.1) is 11.2 Å². The average Bonchev–Trinajstić information content (AvgIpc) is 3.83. The molecular weight excluding hydrogens is 586 g/mol. The summed E-state index contributed by atoms with van der Waals surface area (Å²) in [6, 6.07) is 10.4. The van der Waals surface area contributed by atoms with Crippen LogP contribution in [0.2, 0.25) is 0 Å². The molecule has 2 aromatic heterocycles. The van der Waals surface area contributed by atoms with Crippen LogP contribution in [0.3, 0.4) is 0 Å². The summed E-state index contributed by atoms with van der Waals surface area (Å²) in [6.45, 7) is 5.34. The number of aromatic nitrogens is 3. The molecule has 46 heavy (non-hydrogen) atoms. The molecule has 1 saturated carbocycles. The molecule has 0 amide bonds. The zero-order valence-electron chi connectivity index (χ0n) is 26.2. The van der Waals surface area contributed by atoms with E-state index in [4.69, 9.17) is 19.7 Å². The molecule has 0 radical (unpaired) electrons. The highest BCUT2D eigenvalue weighted by atomic mass is 19.1. The molecule has 240 valence electrons. The van der Waals surface area contributed by atoms with Crippen molar-refractivity contribution in [1.29, 1.82) is 0 Å². The summed E-state index contributed by atoms with van der Waals surface area (Å²) in [5.41, 5.74) is 1.68. The van der Waals surface area contributed by atoms with Crippen molar-refractivity contribution in [2.75, 3.05) is 37.7 Å². The van der Waals surface area contributed by atoms with Gasteiger partial charge >= 0.3 is 6.01 Å². The number of piperazine rings is 1. The van der Waals surface area contributed by atoms with Crippen LogP contribution in [0.25, 0.3) is 32.9 Å². The summed E-state index contributed by atoms with van der Waals surface area (Å²) < 4.78 is 38.3. The fourth-order valence-electron chi connectivity index (χ4n) is 9.01. The van der Waals surface area contributed by atoms with E-state index in [1.54, 1.807) is 18.3 Å². The summed E-state index contributed by atoms with van der Waals surface area (Å²) >= 11 is 0. The van der Waals surface area contributed by atoms with Gasteiger partial charge < -0.3 is 20.1 Å². The summed E-state index contributed by atoms with van der Waals surface area (Å²) in [7, 11) is 0. The van der Waals surface area contributed by atoms with Gasteiger partial charge in [0.2, 0.25) is 0 Å². The van der Waals surface area contributed by atoms with Gasteiger partial charge in [-0.25, -0.2) is 8.78 Å². The number of phenols is 1. The Balaban J connectivity index is 1.17. The smallest absolute Gasteiger partial charge is 0.319 e. The molecule has 4 aliphatic heterocycles. The van der Waals surface area contributed by atoms with Gasteiger partial charge in [0.1, 0.15) is 28.9 Å². The highest BCUT2D eigenvalue weighted by molar-refractivity contribution is 6.02. The monoisotopic (exact) mass is 626 g/mol. The van der Waals surface area contributed by atoms with Gasteiger partial charge in [0.25, 0.3) is 0 Å². The van der Waals surface area contributed by atoms with Crippen molar-refractivity contribution in [1.82, 2.24) is 25.2 Å². The van der Waals surface area contributed by atoms with Crippen molar-refractivity contribution < 1.29 is 18.6 Å². The lowest BCUT2D eigenvalue weighted by molar-refractivity contribution is -0.0790. The number of phenolic OH excluding ortho intramolecular Hbond substituents is 1. The number of aromatic hydroxyl groups is 1. The lowest BCUT2D eigenvalue weighted by Crippen LogP contribution is -2.60. The van der Waals surface area contributed by atoms with Gasteiger partial charge in [0.05, 0.1) is 12.0 Å². The maximum Gasteiger partial charge on any atom is 0.319 e. The number of fused-ring (bicyclic) bond motifs is 6. The summed E-state index contributed by atoms with van der Waals surface area (Å²) in [6.07, 6.45) is 7.49. The summed E-state index contributed by atoms with van der Waals surface area (Å²) in [5.74, 6) is 0.555. The van der Waals surface area contributed by atoms with Gasteiger partial charge in [-0.05, 0) is 92.8 Å². The number of nitrogens with one attached hydrogen (secondary N) is 1. The molecule has 1 aliphatic carbocycles. The lowest BCUT2D eigenvalue weighted by Gasteiger charge is -2.53. The number of benzene rings is 2. The minimum absolute atomic E-state index is 0.0639. The van der Waals surface area contributed by atoms with E-state index in [-0.39, 0.29) is 41.0 Å². The average molecular weight is 627 g/mol. The third kappa shape index (κ3) is 4.70. The van der Waals surface area contributed by atoms with E-state index in [2.05, 4.69) is 28.1 Å². The molecule has 5 fully saturated rings.